The van der Waals surface area contributed by atoms with Gasteiger partial charge in [0.05, 0.1) is 6.20 Å². The van der Waals surface area contributed by atoms with Gasteiger partial charge in [-0.2, -0.15) is 0 Å². The lowest BCUT2D eigenvalue weighted by molar-refractivity contribution is -0.127. The number of anilines is 1. The fraction of sp³-hybridized carbons (Fsp3) is 0.562. The van der Waals surface area contributed by atoms with E-state index in [1.165, 1.54) is 18.4 Å². The highest BCUT2D eigenvalue weighted by Gasteiger charge is 2.24. The minimum absolute atomic E-state index is 0.227. The fourth-order valence-electron chi connectivity index (χ4n) is 3.16. The molecular weight excluding hydrogens is 264 g/mol. The molecule has 1 aliphatic carbocycles. The molecule has 0 bridgehead atoms. The van der Waals surface area contributed by atoms with Crippen molar-refractivity contribution in [2.75, 3.05) is 31.1 Å². The van der Waals surface area contributed by atoms with E-state index in [1.54, 1.807) is 18.6 Å². The lowest BCUT2D eigenvalue weighted by Crippen LogP contribution is -2.49. The van der Waals surface area contributed by atoms with E-state index in [2.05, 4.69) is 14.9 Å². The Morgan fingerprint density at radius 2 is 1.81 bits per heavy atom. The summed E-state index contributed by atoms with van der Waals surface area (Å²) in [6.45, 7) is 5.18. The Labute approximate surface area is 125 Å². The molecule has 0 N–H and O–H groups in total. The molecule has 5 heteroatoms. The first-order valence-corrected chi connectivity index (χ1v) is 7.74. The maximum Gasteiger partial charge on any atom is 0.249 e. The van der Waals surface area contributed by atoms with Crippen LogP contribution in [0.4, 0.5) is 5.82 Å². The quantitative estimate of drug-likeness (QED) is 0.780. The van der Waals surface area contributed by atoms with Crippen LogP contribution in [-0.2, 0) is 4.79 Å². The van der Waals surface area contributed by atoms with E-state index in [0.29, 0.717) is 0 Å². The van der Waals surface area contributed by atoms with Crippen molar-refractivity contribution >= 4 is 11.7 Å². The van der Waals surface area contributed by atoms with Crippen LogP contribution in [-0.4, -0.2) is 47.0 Å². The Balaban J connectivity index is 1.61. The van der Waals surface area contributed by atoms with Gasteiger partial charge in [-0.25, -0.2) is 4.98 Å². The van der Waals surface area contributed by atoms with Crippen molar-refractivity contribution < 1.29 is 4.79 Å². The van der Waals surface area contributed by atoms with Crippen molar-refractivity contribution in [3.8, 4) is 0 Å². The van der Waals surface area contributed by atoms with Crippen molar-refractivity contribution in [1.29, 1.82) is 0 Å². The largest absolute Gasteiger partial charge is 0.352 e. The van der Waals surface area contributed by atoms with Crippen LogP contribution in [0.25, 0.3) is 0 Å². The Bertz CT molecular complexity index is 524. The van der Waals surface area contributed by atoms with E-state index < -0.39 is 0 Å². The van der Waals surface area contributed by atoms with Crippen LogP contribution in [0.3, 0.4) is 0 Å². The lowest BCUT2D eigenvalue weighted by Gasteiger charge is -2.35. The molecule has 21 heavy (non-hydrogen) atoms. The number of carbonyl (C=O) groups excluding carboxylic acids is 1. The molecule has 112 valence electrons. The van der Waals surface area contributed by atoms with Gasteiger partial charge in [-0.15, -0.1) is 0 Å². The van der Waals surface area contributed by atoms with Gasteiger partial charge in [-0.05, 0) is 32.6 Å². The Kier molecular flexibility index (Phi) is 4.18. The second-order valence-corrected chi connectivity index (χ2v) is 5.78. The van der Waals surface area contributed by atoms with Gasteiger partial charge >= 0.3 is 0 Å². The average Bonchev–Trinajstić information content (AvgIpc) is 3.09. The third-order valence-corrected chi connectivity index (χ3v) is 4.50. The second kappa shape index (κ2) is 6.24. The van der Waals surface area contributed by atoms with Crippen LogP contribution in [0.5, 0.6) is 0 Å². The zero-order valence-corrected chi connectivity index (χ0v) is 12.6. The van der Waals surface area contributed by atoms with Gasteiger partial charge in [0, 0.05) is 44.1 Å². The number of hydrogen-bond acceptors (Lipinski definition) is 4. The maximum atomic E-state index is 12.5. The first-order valence-electron chi connectivity index (χ1n) is 7.74. The molecule has 0 radical (unpaired) electrons. The van der Waals surface area contributed by atoms with Gasteiger partial charge in [-0.3, -0.25) is 9.78 Å². The molecule has 2 heterocycles. The molecule has 1 saturated carbocycles. The van der Waals surface area contributed by atoms with E-state index in [-0.39, 0.29) is 5.91 Å². The van der Waals surface area contributed by atoms with Crippen molar-refractivity contribution in [2.45, 2.75) is 32.6 Å². The number of amides is 1. The van der Waals surface area contributed by atoms with Crippen LogP contribution < -0.4 is 4.90 Å². The second-order valence-electron chi connectivity index (χ2n) is 5.78. The molecular formula is C16H22N4O. The van der Waals surface area contributed by atoms with Gasteiger partial charge in [0.2, 0.25) is 5.91 Å². The highest BCUT2D eigenvalue weighted by atomic mass is 16.2. The predicted molar refractivity (Wildman–Crippen MR) is 82.0 cm³/mol. The number of nitrogens with zero attached hydrogens (tertiary/aromatic N) is 4. The van der Waals surface area contributed by atoms with Crippen molar-refractivity contribution in [3.05, 3.63) is 29.7 Å². The molecule has 1 amide bonds. The summed E-state index contributed by atoms with van der Waals surface area (Å²) in [4.78, 5) is 25.1. The average molecular weight is 286 g/mol. The van der Waals surface area contributed by atoms with E-state index in [1.807, 2.05) is 11.8 Å². The summed E-state index contributed by atoms with van der Waals surface area (Å²) in [7, 11) is 0. The van der Waals surface area contributed by atoms with Crippen molar-refractivity contribution in [3.63, 3.8) is 0 Å². The zero-order chi connectivity index (χ0) is 14.7. The summed E-state index contributed by atoms with van der Waals surface area (Å²) >= 11 is 0. The van der Waals surface area contributed by atoms with Crippen LogP contribution in [0.1, 0.15) is 32.6 Å². The standard InChI is InChI=1S/C16H22N4O/c1-13(14-4-2-3-5-14)16(21)20-10-8-19(9-11-20)15-12-17-6-7-18-15/h6-7,12H,2-5,8-11H2,1H3. The lowest BCUT2D eigenvalue weighted by atomic mass is 10.1. The first-order chi connectivity index (χ1) is 10.3. The molecule has 1 saturated heterocycles. The number of allylic oxidation sites excluding steroid dienone is 1. The topological polar surface area (TPSA) is 49.3 Å². The van der Waals surface area contributed by atoms with E-state index in [4.69, 9.17) is 0 Å². The summed E-state index contributed by atoms with van der Waals surface area (Å²) in [5.41, 5.74) is 2.36. The normalized spacial score (nSPS) is 19.0. The Morgan fingerprint density at radius 3 is 2.43 bits per heavy atom. The number of carbonyl (C=O) groups is 1. The SMILES string of the molecule is CC(C(=O)N1CCN(c2cnccn2)CC1)=C1CCCC1. The van der Waals surface area contributed by atoms with Gasteiger partial charge in [0.1, 0.15) is 5.82 Å². The van der Waals surface area contributed by atoms with Crippen LogP contribution >= 0.6 is 0 Å². The van der Waals surface area contributed by atoms with E-state index in [9.17, 15) is 4.79 Å². The number of piperazine rings is 1. The summed E-state index contributed by atoms with van der Waals surface area (Å²) in [5, 5.41) is 0. The van der Waals surface area contributed by atoms with Crippen LogP contribution in [0, 0.1) is 0 Å². The van der Waals surface area contributed by atoms with Gasteiger partial charge < -0.3 is 9.80 Å². The van der Waals surface area contributed by atoms with Crippen molar-refractivity contribution in [1.82, 2.24) is 14.9 Å². The smallest absolute Gasteiger partial charge is 0.249 e. The molecule has 1 aromatic heterocycles. The van der Waals surface area contributed by atoms with E-state index in [0.717, 1.165) is 50.4 Å². The highest BCUT2D eigenvalue weighted by Crippen LogP contribution is 2.27. The molecule has 5 nitrogen and oxygen atoms in total. The summed E-state index contributed by atoms with van der Waals surface area (Å²) in [6.07, 6.45) is 9.86. The summed E-state index contributed by atoms with van der Waals surface area (Å²) in [6, 6.07) is 0. The van der Waals surface area contributed by atoms with E-state index >= 15 is 0 Å². The monoisotopic (exact) mass is 286 g/mol. The Morgan fingerprint density at radius 1 is 1.10 bits per heavy atom. The number of rotatable bonds is 2. The van der Waals surface area contributed by atoms with Gasteiger partial charge in [-0.1, -0.05) is 5.57 Å². The molecule has 2 aliphatic rings. The third-order valence-electron chi connectivity index (χ3n) is 4.50. The number of hydrogen-bond donors (Lipinski definition) is 0. The molecule has 2 fully saturated rings. The van der Waals surface area contributed by atoms with Gasteiger partial charge in [0.15, 0.2) is 0 Å². The molecule has 0 aromatic carbocycles. The maximum absolute atomic E-state index is 12.5. The zero-order valence-electron chi connectivity index (χ0n) is 12.6. The van der Waals surface area contributed by atoms with Crippen LogP contribution in [0.15, 0.2) is 29.7 Å². The molecule has 0 spiro atoms. The molecule has 3 rings (SSSR count). The molecule has 0 atom stereocenters. The number of aromatic nitrogens is 2. The predicted octanol–water partition coefficient (Wildman–Crippen LogP) is 2.02. The van der Waals surface area contributed by atoms with Gasteiger partial charge in [0.25, 0.3) is 0 Å². The molecule has 1 aliphatic heterocycles. The Hall–Kier alpha value is -1.91. The molecule has 0 unspecified atom stereocenters. The minimum atomic E-state index is 0.227. The summed E-state index contributed by atoms with van der Waals surface area (Å²) in [5.74, 6) is 1.13. The third kappa shape index (κ3) is 3.06. The minimum Gasteiger partial charge on any atom is -0.352 e. The summed E-state index contributed by atoms with van der Waals surface area (Å²) < 4.78 is 0. The van der Waals surface area contributed by atoms with Crippen LogP contribution in [0.2, 0.25) is 0 Å². The molecule has 1 aromatic rings. The highest BCUT2D eigenvalue weighted by molar-refractivity contribution is 5.93. The van der Waals surface area contributed by atoms with Crippen molar-refractivity contribution in [2.24, 2.45) is 0 Å². The first kappa shape index (κ1) is 14.0. The fourth-order valence-corrected chi connectivity index (χ4v) is 3.16.